The fourth-order valence-corrected chi connectivity index (χ4v) is 2.74. The molecule has 0 atom stereocenters. The molecule has 0 aliphatic carbocycles. The fraction of sp³-hybridized carbons (Fsp3) is 0.400. The quantitative estimate of drug-likeness (QED) is 0.606. The van der Waals surface area contributed by atoms with Crippen LogP contribution in [0.2, 0.25) is 5.32 Å². The first-order chi connectivity index (χ1) is 5.83. The van der Waals surface area contributed by atoms with Crippen LogP contribution in [0.25, 0.3) is 0 Å². The first-order valence-corrected chi connectivity index (χ1v) is 6.29. The molecule has 0 saturated heterocycles. The maximum absolute atomic E-state index is 5.43. The molecule has 0 aliphatic rings. The molecule has 0 aliphatic heterocycles. The van der Waals surface area contributed by atoms with Crippen molar-refractivity contribution in [2.45, 2.75) is 18.7 Å². The van der Waals surface area contributed by atoms with Crippen molar-refractivity contribution < 1.29 is 0 Å². The molecule has 1 nitrogen and oxygen atoms in total. The van der Waals surface area contributed by atoms with Crippen LogP contribution >= 0.6 is 0 Å². The molecule has 0 radical (unpaired) electrons. The molecule has 0 saturated carbocycles. The van der Waals surface area contributed by atoms with Crippen LogP contribution in [0.4, 0.5) is 0 Å². The van der Waals surface area contributed by atoms with Crippen molar-refractivity contribution in [3.63, 3.8) is 0 Å². The molecule has 66 valence electrons. The van der Waals surface area contributed by atoms with Gasteiger partial charge in [-0.05, 0) is 0 Å². The van der Waals surface area contributed by atoms with Crippen molar-refractivity contribution in [1.29, 1.82) is 0 Å². The van der Waals surface area contributed by atoms with E-state index in [1.807, 2.05) is 0 Å². The SMILES string of the molecule is Cc1ccc([Se]CCCN)cc1. The molecule has 0 heterocycles. The summed E-state index contributed by atoms with van der Waals surface area (Å²) in [6, 6.07) is 8.82. The Hall–Kier alpha value is -0.301. The first-order valence-electron chi connectivity index (χ1n) is 4.22. The van der Waals surface area contributed by atoms with Crippen LogP contribution < -0.4 is 10.2 Å². The van der Waals surface area contributed by atoms with E-state index >= 15 is 0 Å². The average Bonchev–Trinajstić information content (AvgIpc) is 2.09. The third kappa shape index (κ3) is 3.40. The molecule has 0 spiro atoms. The second-order valence-electron chi connectivity index (χ2n) is 2.80. The number of benzene rings is 1. The molecular weight excluding hydrogens is 213 g/mol. The van der Waals surface area contributed by atoms with Crippen LogP contribution in [0, 0.1) is 6.92 Å². The van der Waals surface area contributed by atoms with Crippen LogP contribution in [0.1, 0.15) is 12.0 Å². The Bertz CT molecular complexity index is 218. The van der Waals surface area contributed by atoms with Crippen LogP contribution in [0.3, 0.4) is 0 Å². The summed E-state index contributed by atoms with van der Waals surface area (Å²) in [7, 11) is 0. The van der Waals surface area contributed by atoms with Crippen molar-refractivity contribution in [3.8, 4) is 0 Å². The molecule has 0 fully saturated rings. The van der Waals surface area contributed by atoms with E-state index in [4.69, 9.17) is 5.73 Å². The molecule has 1 aromatic rings. The zero-order valence-electron chi connectivity index (χ0n) is 7.42. The van der Waals surface area contributed by atoms with Gasteiger partial charge in [-0.1, -0.05) is 0 Å². The summed E-state index contributed by atoms with van der Waals surface area (Å²) < 4.78 is 1.49. The summed E-state index contributed by atoms with van der Waals surface area (Å²) >= 11 is 0.632. The molecule has 1 aromatic carbocycles. The van der Waals surface area contributed by atoms with Crippen molar-refractivity contribution in [2.24, 2.45) is 5.73 Å². The van der Waals surface area contributed by atoms with Gasteiger partial charge in [0.05, 0.1) is 0 Å². The van der Waals surface area contributed by atoms with Crippen LogP contribution in [-0.2, 0) is 0 Å². The third-order valence-corrected chi connectivity index (χ3v) is 3.94. The van der Waals surface area contributed by atoms with E-state index < -0.39 is 0 Å². The molecule has 0 amide bonds. The topological polar surface area (TPSA) is 26.0 Å². The molecule has 0 unspecified atom stereocenters. The zero-order chi connectivity index (χ0) is 8.81. The van der Waals surface area contributed by atoms with Gasteiger partial charge >= 0.3 is 80.2 Å². The van der Waals surface area contributed by atoms with Gasteiger partial charge < -0.3 is 0 Å². The maximum atomic E-state index is 5.43. The molecule has 1 rings (SSSR count). The summed E-state index contributed by atoms with van der Waals surface area (Å²) in [6.45, 7) is 2.95. The van der Waals surface area contributed by atoms with Crippen molar-refractivity contribution in [1.82, 2.24) is 0 Å². The number of rotatable bonds is 4. The Labute approximate surface area is 80.5 Å². The minimum absolute atomic E-state index is 0.632. The van der Waals surface area contributed by atoms with Gasteiger partial charge in [-0.2, -0.15) is 0 Å². The van der Waals surface area contributed by atoms with Crippen LogP contribution in [0.5, 0.6) is 0 Å². The standard InChI is InChI=1S/C10H15NSe/c1-9-3-5-10(6-4-9)12-8-2-7-11/h3-6H,2,7-8,11H2,1H3. The van der Waals surface area contributed by atoms with Gasteiger partial charge in [-0.3, -0.25) is 0 Å². The van der Waals surface area contributed by atoms with Crippen molar-refractivity contribution >= 4 is 19.4 Å². The van der Waals surface area contributed by atoms with Crippen molar-refractivity contribution in [2.75, 3.05) is 6.54 Å². The number of aryl methyl sites for hydroxylation is 1. The monoisotopic (exact) mass is 229 g/mol. The van der Waals surface area contributed by atoms with Gasteiger partial charge in [0.1, 0.15) is 0 Å². The Morgan fingerprint density at radius 2 is 1.92 bits per heavy atom. The van der Waals surface area contributed by atoms with Gasteiger partial charge in [0.25, 0.3) is 0 Å². The molecule has 0 aromatic heterocycles. The molecule has 12 heavy (non-hydrogen) atoms. The van der Waals surface area contributed by atoms with Gasteiger partial charge in [0, 0.05) is 0 Å². The first kappa shape index (κ1) is 9.78. The van der Waals surface area contributed by atoms with E-state index in [9.17, 15) is 0 Å². The van der Waals surface area contributed by atoms with E-state index in [-0.39, 0.29) is 0 Å². The molecule has 2 heteroatoms. The van der Waals surface area contributed by atoms with E-state index in [1.54, 1.807) is 0 Å². The van der Waals surface area contributed by atoms with E-state index in [0.717, 1.165) is 13.0 Å². The fourth-order valence-electron chi connectivity index (χ4n) is 0.908. The second-order valence-corrected chi connectivity index (χ2v) is 5.25. The van der Waals surface area contributed by atoms with Crippen LogP contribution in [0.15, 0.2) is 24.3 Å². The summed E-state index contributed by atoms with van der Waals surface area (Å²) in [4.78, 5) is 0. The summed E-state index contributed by atoms with van der Waals surface area (Å²) in [6.07, 6.45) is 1.16. The van der Waals surface area contributed by atoms with Crippen LogP contribution in [-0.4, -0.2) is 21.5 Å². The third-order valence-electron chi connectivity index (χ3n) is 1.64. The molecular formula is C10H15NSe. The Balaban J connectivity index is 2.37. The predicted octanol–water partition coefficient (Wildman–Crippen LogP) is 1.09. The summed E-state index contributed by atoms with van der Waals surface area (Å²) in [5.74, 6) is 0. The van der Waals surface area contributed by atoms with Gasteiger partial charge in [0.15, 0.2) is 0 Å². The van der Waals surface area contributed by atoms with Gasteiger partial charge in [-0.25, -0.2) is 0 Å². The van der Waals surface area contributed by atoms with E-state index in [2.05, 4.69) is 31.2 Å². The second kappa shape index (κ2) is 5.36. The number of nitrogens with two attached hydrogens (primary N) is 1. The summed E-state index contributed by atoms with van der Waals surface area (Å²) in [5.41, 5.74) is 6.77. The Kier molecular flexibility index (Phi) is 4.37. The Morgan fingerprint density at radius 3 is 2.50 bits per heavy atom. The van der Waals surface area contributed by atoms with E-state index in [0.29, 0.717) is 15.0 Å². The van der Waals surface area contributed by atoms with E-state index in [1.165, 1.54) is 15.3 Å². The normalized spacial score (nSPS) is 10.2. The zero-order valence-corrected chi connectivity index (χ0v) is 9.13. The Morgan fingerprint density at radius 1 is 1.25 bits per heavy atom. The number of hydrogen-bond acceptors (Lipinski definition) is 1. The van der Waals surface area contributed by atoms with Gasteiger partial charge in [-0.15, -0.1) is 0 Å². The van der Waals surface area contributed by atoms with Gasteiger partial charge in [0.2, 0.25) is 0 Å². The van der Waals surface area contributed by atoms with Crippen molar-refractivity contribution in [3.05, 3.63) is 29.8 Å². The minimum atomic E-state index is 0.632. The molecule has 0 bridgehead atoms. The molecule has 2 N–H and O–H groups in total. The average molecular weight is 228 g/mol. The predicted molar refractivity (Wildman–Crippen MR) is 55.0 cm³/mol. The summed E-state index contributed by atoms with van der Waals surface area (Å²) in [5, 5.41) is 1.27. The number of hydrogen-bond donors (Lipinski definition) is 1.